The molecule has 13 heteroatoms. The van der Waals surface area contributed by atoms with Crippen LogP contribution < -0.4 is 9.62 Å². The minimum Gasteiger partial charge on any atom is -0.355 e. The zero-order chi connectivity index (χ0) is 30.5. The van der Waals surface area contributed by atoms with Crippen molar-refractivity contribution in [1.82, 2.24) is 10.2 Å². The monoisotopic (exact) mass is 673 g/mol. The number of amides is 2. The first kappa shape index (κ1) is 32.4. The van der Waals surface area contributed by atoms with Crippen LogP contribution in [0.3, 0.4) is 0 Å². The molecular formula is C28H28BrClF3N3O4S. The number of halogens is 5. The molecule has 0 aromatic heterocycles. The number of rotatable bonds is 10. The lowest BCUT2D eigenvalue weighted by Gasteiger charge is -2.32. The first-order valence-electron chi connectivity index (χ1n) is 12.4. The molecule has 220 valence electrons. The number of alkyl halides is 3. The molecule has 0 fully saturated rings. The van der Waals surface area contributed by atoms with E-state index in [0.29, 0.717) is 22.5 Å². The van der Waals surface area contributed by atoms with Gasteiger partial charge in [-0.2, -0.15) is 13.2 Å². The Balaban J connectivity index is 2.13. The highest BCUT2D eigenvalue weighted by atomic mass is 79.9. The van der Waals surface area contributed by atoms with Crippen molar-refractivity contribution in [1.29, 1.82) is 0 Å². The van der Waals surface area contributed by atoms with Gasteiger partial charge in [-0.1, -0.05) is 57.4 Å². The summed E-state index contributed by atoms with van der Waals surface area (Å²) in [7, 11) is -4.54. The van der Waals surface area contributed by atoms with E-state index < -0.39 is 56.9 Å². The number of hydrogen-bond donors (Lipinski definition) is 1. The molecule has 0 saturated heterocycles. The van der Waals surface area contributed by atoms with Crippen molar-refractivity contribution >= 4 is 55.1 Å². The topological polar surface area (TPSA) is 86.8 Å². The molecule has 0 bridgehead atoms. The second-order valence-corrected chi connectivity index (χ2v) is 12.4. The van der Waals surface area contributed by atoms with E-state index in [1.54, 1.807) is 38.1 Å². The average molecular weight is 675 g/mol. The molecule has 7 nitrogen and oxygen atoms in total. The molecule has 3 aromatic rings. The van der Waals surface area contributed by atoms with Crippen molar-refractivity contribution in [2.24, 2.45) is 0 Å². The van der Waals surface area contributed by atoms with Crippen LogP contribution in [0.4, 0.5) is 18.9 Å². The smallest absolute Gasteiger partial charge is 0.355 e. The normalized spacial score (nSPS) is 12.5. The van der Waals surface area contributed by atoms with E-state index >= 15 is 0 Å². The number of anilines is 1. The number of benzene rings is 3. The third-order valence-corrected chi connectivity index (χ3v) is 8.80. The third-order valence-electron chi connectivity index (χ3n) is 6.19. The second-order valence-electron chi connectivity index (χ2n) is 9.21. The highest BCUT2D eigenvalue weighted by Gasteiger charge is 2.37. The molecule has 2 amide bonds. The van der Waals surface area contributed by atoms with Gasteiger partial charge in [-0.3, -0.25) is 13.9 Å². The Hall–Kier alpha value is -3.09. The lowest BCUT2D eigenvalue weighted by Crippen LogP contribution is -2.51. The minimum absolute atomic E-state index is 0.0661. The summed E-state index contributed by atoms with van der Waals surface area (Å²) in [4.78, 5) is 27.5. The van der Waals surface area contributed by atoms with Gasteiger partial charge < -0.3 is 10.2 Å². The third kappa shape index (κ3) is 8.02. The molecule has 0 spiro atoms. The zero-order valence-corrected chi connectivity index (χ0v) is 25.5. The van der Waals surface area contributed by atoms with E-state index in [0.717, 1.165) is 22.2 Å². The molecule has 41 heavy (non-hydrogen) atoms. The highest BCUT2D eigenvalue weighted by molar-refractivity contribution is 9.10. The largest absolute Gasteiger partial charge is 0.417 e. The summed E-state index contributed by atoms with van der Waals surface area (Å²) in [6.07, 6.45) is -4.88. The number of nitrogens with one attached hydrogen (secondary N) is 1. The lowest BCUT2D eigenvalue weighted by atomic mass is 10.1. The van der Waals surface area contributed by atoms with Crippen LogP contribution in [0.15, 0.2) is 76.1 Å². The molecule has 0 radical (unpaired) electrons. The Morgan fingerprint density at radius 3 is 2.29 bits per heavy atom. The summed E-state index contributed by atoms with van der Waals surface area (Å²) in [6, 6.07) is 14.2. The van der Waals surface area contributed by atoms with Gasteiger partial charge in [-0.05, 0) is 68.8 Å². The summed E-state index contributed by atoms with van der Waals surface area (Å²) in [6.45, 7) is 4.29. The van der Waals surface area contributed by atoms with Gasteiger partial charge in [-0.25, -0.2) is 8.42 Å². The molecule has 0 aliphatic rings. The zero-order valence-electron chi connectivity index (χ0n) is 22.4. The second kappa shape index (κ2) is 13.3. The minimum atomic E-state index is -4.88. The Morgan fingerprint density at radius 1 is 1.05 bits per heavy atom. The lowest BCUT2D eigenvalue weighted by molar-refractivity contribution is -0.139. The standard InChI is InChI=1S/C28H28BrClF3N3O4S/c1-4-34-27(38)19(3)35(16-20-6-5-7-21(29)14-20)26(37)17-36(41(39,40)23-11-8-18(2)9-12-23)22-10-13-25(30)24(15-22)28(31,32)33/h5-15,19H,4,16-17H2,1-3H3,(H,34,38)/t19-/m0/s1. The number of hydrogen-bond acceptors (Lipinski definition) is 4. The fourth-order valence-corrected chi connectivity index (χ4v) is 6.07. The predicted molar refractivity (Wildman–Crippen MR) is 155 cm³/mol. The van der Waals surface area contributed by atoms with E-state index in [-0.39, 0.29) is 11.4 Å². The molecule has 0 saturated carbocycles. The van der Waals surface area contributed by atoms with Crippen molar-refractivity contribution < 1.29 is 31.2 Å². The summed E-state index contributed by atoms with van der Waals surface area (Å²) in [5, 5.41) is 2.02. The van der Waals surface area contributed by atoms with Gasteiger partial charge in [0.15, 0.2) is 0 Å². The van der Waals surface area contributed by atoms with Crippen molar-refractivity contribution in [3.63, 3.8) is 0 Å². The molecule has 0 heterocycles. The number of likely N-dealkylation sites (N-methyl/N-ethyl adjacent to an activating group) is 1. The van der Waals surface area contributed by atoms with Crippen LogP contribution in [0.5, 0.6) is 0 Å². The van der Waals surface area contributed by atoms with Gasteiger partial charge in [-0.15, -0.1) is 0 Å². The Labute approximate surface area is 250 Å². The number of carbonyl (C=O) groups is 2. The van der Waals surface area contributed by atoms with Gasteiger partial charge in [0.05, 0.1) is 21.2 Å². The molecule has 0 aliphatic heterocycles. The van der Waals surface area contributed by atoms with Crippen molar-refractivity contribution in [2.75, 3.05) is 17.4 Å². The van der Waals surface area contributed by atoms with E-state index in [1.807, 2.05) is 0 Å². The van der Waals surface area contributed by atoms with Gasteiger partial charge >= 0.3 is 6.18 Å². The number of aryl methyl sites for hydroxylation is 1. The first-order chi connectivity index (χ1) is 19.1. The predicted octanol–water partition coefficient (Wildman–Crippen LogP) is 6.18. The maximum absolute atomic E-state index is 13.8. The van der Waals surface area contributed by atoms with Crippen LogP contribution >= 0.6 is 27.5 Å². The molecule has 0 aliphatic carbocycles. The molecule has 3 rings (SSSR count). The fraction of sp³-hybridized carbons (Fsp3) is 0.286. The van der Waals surface area contributed by atoms with Gasteiger partial charge in [0.1, 0.15) is 12.6 Å². The first-order valence-corrected chi connectivity index (χ1v) is 15.0. The van der Waals surface area contributed by atoms with Crippen molar-refractivity contribution in [3.8, 4) is 0 Å². The number of nitrogens with zero attached hydrogens (tertiary/aromatic N) is 2. The van der Waals surface area contributed by atoms with Crippen LogP contribution in [0.25, 0.3) is 0 Å². The summed E-state index contributed by atoms with van der Waals surface area (Å²) < 4.78 is 70.1. The SMILES string of the molecule is CCNC(=O)[C@H](C)N(Cc1cccc(Br)c1)C(=O)CN(c1ccc(Cl)c(C(F)(F)F)c1)S(=O)(=O)c1ccc(C)cc1. The van der Waals surface area contributed by atoms with E-state index in [4.69, 9.17) is 11.6 Å². The Bertz CT molecular complexity index is 1520. The molecule has 1 N–H and O–H groups in total. The number of sulfonamides is 1. The summed E-state index contributed by atoms with van der Waals surface area (Å²) in [5.41, 5.74) is -0.269. The highest BCUT2D eigenvalue weighted by Crippen LogP contribution is 2.38. The average Bonchev–Trinajstić information content (AvgIpc) is 2.90. The molecule has 1 atom stereocenters. The molecule has 0 unspecified atom stereocenters. The summed E-state index contributed by atoms with van der Waals surface area (Å²) in [5.74, 6) is -1.28. The van der Waals surface area contributed by atoms with Crippen molar-refractivity contribution in [3.05, 3.63) is 92.9 Å². The van der Waals surface area contributed by atoms with Gasteiger partial charge in [0.2, 0.25) is 11.8 Å². The maximum Gasteiger partial charge on any atom is 0.417 e. The molecular weight excluding hydrogens is 647 g/mol. The Kier molecular flexibility index (Phi) is 10.5. The van der Waals surface area contributed by atoms with Gasteiger partial charge in [0, 0.05) is 17.6 Å². The van der Waals surface area contributed by atoms with Crippen LogP contribution in [-0.2, 0) is 32.3 Å². The van der Waals surface area contributed by atoms with E-state index in [1.165, 1.54) is 36.1 Å². The van der Waals surface area contributed by atoms with E-state index in [9.17, 15) is 31.2 Å². The van der Waals surface area contributed by atoms with Gasteiger partial charge in [0.25, 0.3) is 10.0 Å². The maximum atomic E-state index is 13.8. The fourth-order valence-electron chi connectivity index (χ4n) is 3.99. The molecule has 3 aromatic carbocycles. The van der Waals surface area contributed by atoms with Crippen molar-refractivity contribution in [2.45, 2.75) is 44.4 Å². The number of carbonyl (C=O) groups excluding carboxylic acids is 2. The van der Waals surface area contributed by atoms with Crippen LogP contribution in [-0.4, -0.2) is 44.3 Å². The van der Waals surface area contributed by atoms with E-state index in [2.05, 4.69) is 21.2 Å². The van der Waals surface area contributed by atoms with Crippen LogP contribution in [0.1, 0.15) is 30.5 Å². The van der Waals surface area contributed by atoms with Crippen LogP contribution in [0.2, 0.25) is 5.02 Å². The summed E-state index contributed by atoms with van der Waals surface area (Å²) >= 11 is 9.15. The Morgan fingerprint density at radius 2 is 1.71 bits per heavy atom. The quantitative estimate of drug-likeness (QED) is 0.279. The van der Waals surface area contributed by atoms with Crippen LogP contribution in [0, 0.1) is 6.92 Å².